The minimum atomic E-state index is -2.95. The summed E-state index contributed by atoms with van der Waals surface area (Å²) < 4.78 is 27.7. The van der Waals surface area contributed by atoms with Gasteiger partial charge in [-0.1, -0.05) is 0 Å². The normalized spacial score (nSPS) is 12.4. The lowest BCUT2D eigenvalue weighted by Gasteiger charge is -2.13. The van der Waals surface area contributed by atoms with Gasteiger partial charge in [-0.05, 0) is 19.2 Å². The Hall–Kier alpha value is -1.60. The third kappa shape index (κ3) is 3.93. The van der Waals surface area contributed by atoms with Gasteiger partial charge in [0, 0.05) is 24.6 Å². The predicted octanol–water partition coefficient (Wildman–Crippen LogP) is 0.886. The summed E-state index contributed by atoms with van der Waals surface area (Å²) >= 11 is 0. The molecule has 0 aliphatic carbocycles. The molecule has 0 fully saturated rings. The van der Waals surface area contributed by atoms with Crippen molar-refractivity contribution in [3.05, 3.63) is 24.1 Å². The fourth-order valence-corrected chi connectivity index (χ4v) is 2.33. The highest BCUT2D eigenvalue weighted by molar-refractivity contribution is 7.90. The van der Waals surface area contributed by atoms with Crippen LogP contribution in [0.15, 0.2) is 22.6 Å². The molecule has 0 aliphatic heterocycles. The fraction of sp³-hybridized carbons (Fsp3) is 0.417. The maximum Gasteiger partial charge on any atom is 0.209 e. The minimum Gasteiger partial charge on any atom is -0.439 e. The molecule has 0 aliphatic rings. The molecule has 1 aromatic heterocycles. The van der Waals surface area contributed by atoms with Crippen LogP contribution in [0.3, 0.4) is 0 Å². The number of anilines is 1. The van der Waals surface area contributed by atoms with E-state index in [1.807, 2.05) is 11.9 Å². The van der Waals surface area contributed by atoms with Gasteiger partial charge < -0.3 is 10.2 Å². The molecule has 0 saturated carbocycles. The number of benzene rings is 1. The van der Waals surface area contributed by atoms with Crippen LogP contribution in [-0.4, -0.2) is 43.9 Å². The maximum absolute atomic E-state index is 11.1. The molecule has 104 valence electrons. The zero-order valence-electron chi connectivity index (χ0n) is 11.0. The van der Waals surface area contributed by atoms with Gasteiger partial charge in [0.1, 0.15) is 15.4 Å². The first-order valence-electron chi connectivity index (χ1n) is 5.85. The first-order valence-corrected chi connectivity index (χ1v) is 7.91. The molecule has 2 aromatic rings. The molecule has 0 atom stereocenters. The van der Waals surface area contributed by atoms with Crippen LogP contribution in [0, 0.1) is 0 Å². The number of hydrogen-bond donors (Lipinski definition) is 1. The predicted molar refractivity (Wildman–Crippen MR) is 74.5 cm³/mol. The molecule has 2 N–H and O–H groups in total. The van der Waals surface area contributed by atoms with Crippen LogP contribution in [0.5, 0.6) is 0 Å². The molecule has 0 radical (unpaired) electrons. The molecular formula is C12H17N3O3S. The summed E-state index contributed by atoms with van der Waals surface area (Å²) in [6.07, 6.45) is 1.23. The van der Waals surface area contributed by atoms with Crippen molar-refractivity contribution in [3.8, 4) is 0 Å². The van der Waals surface area contributed by atoms with E-state index in [0.717, 1.165) is 5.52 Å². The second-order valence-electron chi connectivity index (χ2n) is 4.70. The number of nitrogen functional groups attached to an aromatic ring is 1. The third-order valence-electron chi connectivity index (χ3n) is 2.71. The molecule has 19 heavy (non-hydrogen) atoms. The summed E-state index contributed by atoms with van der Waals surface area (Å²) in [5, 5.41) is 0. The second-order valence-corrected chi connectivity index (χ2v) is 6.96. The molecule has 1 aromatic carbocycles. The number of nitrogens with zero attached hydrogens (tertiary/aromatic N) is 2. The van der Waals surface area contributed by atoms with Crippen molar-refractivity contribution in [1.82, 2.24) is 9.88 Å². The highest BCUT2D eigenvalue weighted by Gasteiger charge is 2.10. The number of nitrogens with two attached hydrogens (primary N) is 1. The average molecular weight is 283 g/mol. The van der Waals surface area contributed by atoms with Gasteiger partial charge in [-0.2, -0.15) is 0 Å². The standard InChI is InChI=1S/C12H17N3O3S/c1-15(5-6-19(2,16)17)8-12-14-10-4-3-9(13)7-11(10)18-12/h3-4,7H,5-6,8,13H2,1-2H3. The smallest absolute Gasteiger partial charge is 0.209 e. The SMILES string of the molecule is CN(CCS(C)(=O)=O)Cc1nc2ccc(N)cc2o1. The fourth-order valence-electron chi connectivity index (χ4n) is 1.69. The molecule has 0 saturated heterocycles. The number of rotatable bonds is 5. The van der Waals surface area contributed by atoms with E-state index in [9.17, 15) is 8.42 Å². The van der Waals surface area contributed by atoms with Gasteiger partial charge in [0.25, 0.3) is 0 Å². The first-order chi connectivity index (χ1) is 8.83. The number of sulfone groups is 1. The van der Waals surface area contributed by atoms with Crippen LogP contribution in [-0.2, 0) is 16.4 Å². The summed E-state index contributed by atoms with van der Waals surface area (Å²) in [5.74, 6) is 0.674. The lowest BCUT2D eigenvalue weighted by atomic mass is 10.3. The molecule has 1 heterocycles. The Labute approximate surface area is 112 Å². The van der Waals surface area contributed by atoms with Crippen molar-refractivity contribution in [2.75, 3.05) is 31.3 Å². The Morgan fingerprint density at radius 3 is 2.84 bits per heavy atom. The zero-order chi connectivity index (χ0) is 14.0. The van der Waals surface area contributed by atoms with Crippen LogP contribution in [0.2, 0.25) is 0 Å². The largest absolute Gasteiger partial charge is 0.439 e. The van der Waals surface area contributed by atoms with Crippen molar-refractivity contribution in [1.29, 1.82) is 0 Å². The second kappa shape index (κ2) is 5.18. The monoisotopic (exact) mass is 283 g/mol. The number of fused-ring (bicyclic) bond motifs is 1. The zero-order valence-corrected chi connectivity index (χ0v) is 11.8. The maximum atomic E-state index is 11.1. The number of oxazole rings is 1. The van der Waals surface area contributed by atoms with Crippen molar-refractivity contribution < 1.29 is 12.8 Å². The minimum absolute atomic E-state index is 0.122. The van der Waals surface area contributed by atoms with Crippen LogP contribution < -0.4 is 5.73 Å². The van der Waals surface area contributed by atoms with Gasteiger partial charge in [0.05, 0.1) is 12.3 Å². The summed E-state index contributed by atoms with van der Waals surface area (Å²) in [7, 11) is -1.12. The summed E-state index contributed by atoms with van der Waals surface area (Å²) in [5.41, 5.74) is 7.69. The molecule has 0 amide bonds. The van der Waals surface area contributed by atoms with Crippen molar-refractivity contribution >= 4 is 26.6 Å². The Morgan fingerprint density at radius 2 is 2.16 bits per heavy atom. The van der Waals surface area contributed by atoms with Crippen molar-refractivity contribution in [3.63, 3.8) is 0 Å². The lowest BCUT2D eigenvalue weighted by Crippen LogP contribution is -2.25. The Kier molecular flexibility index (Phi) is 3.77. The molecule has 0 spiro atoms. The van der Waals surface area contributed by atoms with E-state index in [-0.39, 0.29) is 5.75 Å². The van der Waals surface area contributed by atoms with Gasteiger partial charge in [-0.15, -0.1) is 0 Å². The van der Waals surface area contributed by atoms with E-state index in [0.29, 0.717) is 30.3 Å². The summed E-state index contributed by atoms with van der Waals surface area (Å²) in [6.45, 7) is 0.907. The van der Waals surface area contributed by atoms with Gasteiger partial charge >= 0.3 is 0 Å². The molecular weight excluding hydrogens is 266 g/mol. The molecule has 0 unspecified atom stereocenters. The molecule has 2 rings (SSSR count). The van der Waals surface area contributed by atoms with E-state index in [1.165, 1.54) is 6.26 Å². The number of aromatic nitrogens is 1. The van der Waals surface area contributed by atoms with E-state index in [2.05, 4.69) is 4.98 Å². The highest BCUT2D eigenvalue weighted by Crippen LogP contribution is 2.18. The van der Waals surface area contributed by atoms with Gasteiger partial charge in [0.2, 0.25) is 5.89 Å². The lowest BCUT2D eigenvalue weighted by molar-refractivity contribution is 0.307. The highest BCUT2D eigenvalue weighted by atomic mass is 32.2. The topological polar surface area (TPSA) is 89.4 Å². The first kappa shape index (κ1) is 13.8. The van der Waals surface area contributed by atoms with Crippen LogP contribution in [0.25, 0.3) is 11.1 Å². The van der Waals surface area contributed by atoms with Gasteiger partial charge in [-0.25, -0.2) is 13.4 Å². The van der Waals surface area contributed by atoms with Crippen LogP contribution in [0.1, 0.15) is 5.89 Å². The molecule has 0 bridgehead atoms. The van der Waals surface area contributed by atoms with E-state index in [1.54, 1.807) is 18.2 Å². The van der Waals surface area contributed by atoms with E-state index in [4.69, 9.17) is 10.2 Å². The summed E-state index contributed by atoms with van der Waals surface area (Å²) in [4.78, 5) is 6.18. The Balaban J connectivity index is 2.04. The molecule has 7 heteroatoms. The molecule has 6 nitrogen and oxygen atoms in total. The van der Waals surface area contributed by atoms with Crippen molar-refractivity contribution in [2.24, 2.45) is 0 Å². The Morgan fingerprint density at radius 1 is 1.42 bits per heavy atom. The van der Waals surface area contributed by atoms with Gasteiger partial charge in [0.15, 0.2) is 5.58 Å². The van der Waals surface area contributed by atoms with E-state index < -0.39 is 9.84 Å². The number of hydrogen-bond acceptors (Lipinski definition) is 6. The van der Waals surface area contributed by atoms with Gasteiger partial charge in [-0.3, -0.25) is 4.90 Å². The van der Waals surface area contributed by atoms with Crippen LogP contribution in [0.4, 0.5) is 5.69 Å². The van der Waals surface area contributed by atoms with Crippen LogP contribution >= 0.6 is 0 Å². The quantitative estimate of drug-likeness (QED) is 0.820. The van der Waals surface area contributed by atoms with Crippen molar-refractivity contribution in [2.45, 2.75) is 6.54 Å². The third-order valence-corrected chi connectivity index (χ3v) is 3.63. The summed E-state index contributed by atoms with van der Waals surface area (Å²) in [6, 6.07) is 5.29. The van der Waals surface area contributed by atoms with E-state index >= 15 is 0 Å². The average Bonchev–Trinajstić information content (AvgIpc) is 2.66. The Bertz CT molecular complexity index is 679.